The molecule has 0 saturated carbocycles. The first-order valence-electron chi connectivity index (χ1n) is 9.04. The summed E-state index contributed by atoms with van der Waals surface area (Å²) >= 11 is 0. The maximum atomic E-state index is 11.5. The van der Waals surface area contributed by atoms with Crippen molar-refractivity contribution in [2.24, 2.45) is 0 Å². The van der Waals surface area contributed by atoms with Gasteiger partial charge in [0.05, 0.1) is 0 Å². The topological polar surface area (TPSA) is 43.1 Å². The third-order valence-corrected chi connectivity index (χ3v) is 4.32. The minimum Gasteiger partial charge on any atom is -0.398 e. The summed E-state index contributed by atoms with van der Waals surface area (Å²) in [5.41, 5.74) is 8.33. The number of carbonyl (C=O) groups is 1. The van der Waals surface area contributed by atoms with Crippen LogP contribution in [0, 0.1) is 0 Å². The molecule has 0 amide bonds. The van der Waals surface area contributed by atoms with Crippen molar-refractivity contribution in [3.8, 4) is 0 Å². The molecule has 0 unspecified atom stereocenters. The van der Waals surface area contributed by atoms with Gasteiger partial charge in [0, 0.05) is 11.3 Å². The molecule has 0 spiro atoms. The largest absolute Gasteiger partial charge is 0.398 e. The van der Waals surface area contributed by atoms with Crippen LogP contribution < -0.4 is 5.73 Å². The number of hydrogen-bond acceptors (Lipinski definition) is 2. The number of anilines is 1. The van der Waals surface area contributed by atoms with Crippen LogP contribution in [0.4, 0.5) is 5.69 Å². The van der Waals surface area contributed by atoms with E-state index in [2.05, 4.69) is 13.0 Å². The number of ketones is 1. The van der Waals surface area contributed by atoms with E-state index < -0.39 is 0 Å². The molecule has 0 aliphatic rings. The van der Waals surface area contributed by atoms with Crippen LogP contribution in [0.15, 0.2) is 18.2 Å². The van der Waals surface area contributed by atoms with Gasteiger partial charge in [-0.05, 0) is 37.5 Å². The zero-order chi connectivity index (χ0) is 16.2. The number of Topliss-reactive ketones (excluding diaryl/α,β-unsaturated/α-hetero) is 1. The van der Waals surface area contributed by atoms with Gasteiger partial charge in [0.15, 0.2) is 5.78 Å². The second kappa shape index (κ2) is 11.3. The summed E-state index contributed by atoms with van der Waals surface area (Å²) in [6.45, 7) is 3.84. The quantitative estimate of drug-likeness (QED) is 0.295. The van der Waals surface area contributed by atoms with Crippen molar-refractivity contribution in [1.82, 2.24) is 0 Å². The Kier molecular flexibility index (Phi) is 9.61. The number of unbranched alkanes of at least 4 members (excludes halogenated alkanes) is 9. The standard InChI is InChI=1S/C20H33NO/c1-3-4-5-6-7-8-9-10-11-12-13-18-14-15-20(21)19(16-18)17(2)22/h14-16H,3-13,21H2,1-2H3. The molecule has 0 radical (unpaired) electrons. The maximum absolute atomic E-state index is 11.5. The first kappa shape index (κ1) is 18.7. The summed E-state index contributed by atoms with van der Waals surface area (Å²) in [7, 11) is 0. The predicted octanol–water partition coefficient (Wildman–Crippen LogP) is 5.93. The highest BCUT2D eigenvalue weighted by Crippen LogP contribution is 2.17. The number of benzene rings is 1. The van der Waals surface area contributed by atoms with Crippen molar-refractivity contribution >= 4 is 11.5 Å². The van der Waals surface area contributed by atoms with Gasteiger partial charge >= 0.3 is 0 Å². The van der Waals surface area contributed by atoms with Gasteiger partial charge < -0.3 is 5.73 Å². The molecule has 1 aromatic carbocycles. The fourth-order valence-electron chi connectivity index (χ4n) is 2.88. The van der Waals surface area contributed by atoms with Crippen molar-refractivity contribution < 1.29 is 4.79 Å². The third-order valence-electron chi connectivity index (χ3n) is 4.32. The molecule has 0 aliphatic heterocycles. The van der Waals surface area contributed by atoms with E-state index in [0.29, 0.717) is 11.3 Å². The fraction of sp³-hybridized carbons (Fsp3) is 0.650. The lowest BCUT2D eigenvalue weighted by molar-refractivity contribution is 0.101. The zero-order valence-electron chi connectivity index (χ0n) is 14.5. The monoisotopic (exact) mass is 303 g/mol. The van der Waals surface area contributed by atoms with Crippen LogP contribution in [-0.2, 0) is 6.42 Å². The Hall–Kier alpha value is -1.31. The van der Waals surface area contributed by atoms with Gasteiger partial charge in [-0.3, -0.25) is 4.79 Å². The number of rotatable bonds is 12. The smallest absolute Gasteiger partial charge is 0.161 e. The van der Waals surface area contributed by atoms with Gasteiger partial charge in [0.1, 0.15) is 0 Å². The molecule has 124 valence electrons. The Morgan fingerprint density at radius 1 is 0.909 bits per heavy atom. The van der Waals surface area contributed by atoms with E-state index in [-0.39, 0.29) is 5.78 Å². The molecule has 1 aromatic rings. The Bertz CT molecular complexity index is 439. The summed E-state index contributed by atoms with van der Waals surface area (Å²) in [5, 5.41) is 0. The van der Waals surface area contributed by atoms with E-state index in [9.17, 15) is 4.79 Å². The van der Waals surface area contributed by atoms with Crippen LogP contribution in [0.25, 0.3) is 0 Å². The molecule has 0 atom stereocenters. The SMILES string of the molecule is CCCCCCCCCCCCc1ccc(N)c(C(C)=O)c1. The fourth-order valence-corrected chi connectivity index (χ4v) is 2.88. The summed E-state index contributed by atoms with van der Waals surface area (Å²) in [5.74, 6) is 0.0578. The second-order valence-electron chi connectivity index (χ2n) is 6.41. The number of aryl methyl sites for hydroxylation is 1. The second-order valence-corrected chi connectivity index (χ2v) is 6.41. The normalized spacial score (nSPS) is 10.8. The van der Waals surface area contributed by atoms with Crippen molar-refractivity contribution in [3.05, 3.63) is 29.3 Å². The Morgan fingerprint density at radius 3 is 2.00 bits per heavy atom. The zero-order valence-corrected chi connectivity index (χ0v) is 14.5. The van der Waals surface area contributed by atoms with Crippen LogP contribution in [-0.4, -0.2) is 5.78 Å². The minimum absolute atomic E-state index is 0.0578. The van der Waals surface area contributed by atoms with Crippen molar-refractivity contribution in [3.63, 3.8) is 0 Å². The molecule has 2 nitrogen and oxygen atoms in total. The van der Waals surface area contributed by atoms with Gasteiger partial charge in [-0.2, -0.15) is 0 Å². The molecule has 2 heteroatoms. The predicted molar refractivity (Wildman–Crippen MR) is 96.4 cm³/mol. The molecule has 0 heterocycles. The summed E-state index contributed by atoms with van der Waals surface area (Å²) in [6.07, 6.45) is 14.6. The van der Waals surface area contributed by atoms with Crippen LogP contribution in [0.1, 0.15) is 94.0 Å². The summed E-state index contributed by atoms with van der Waals surface area (Å²) < 4.78 is 0. The average molecular weight is 303 g/mol. The lowest BCUT2D eigenvalue weighted by atomic mass is 10.0. The molecule has 0 fully saturated rings. The van der Waals surface area contributed by atoms with Crippen LogP contribution in [0.2, 0.25) is 0 Å². The third kappa shape index (κ3) is 7.63. The molecule has 1 rings (SSSR count). The summed E-state index contributed by atoms with van der Waals surface area (Å²) in [6, 6.07) is 5.88. The lowest BCUT2D eigenvalue weighted by Crippen LogP contribution is -2.01. The Balaban J connectivity index is 2.10. The van der Waals surface area contributed by atoms with E-state index in [1.807, 2.05) is 12.1 Å². The first-order chi connectivity index (χ1) is 10.6. The maximum Gasteiger partial charge on any atom is 0.161 e. The lowest BCUT2D eigenvalue weighted by Gasteiger charge is -2.06. The Morgan fingerprint density at radius 2 is 1.45 bits per heavy atom. The first-order valence-corrected chi connectivity index (χ1v) is 9.04. The Labute approximate surface area is 136 Å². The molecule has 0 bridgehead atoms. The molecule has 0 aromatic heterocycles. The molecule has 22 heavy (non-hydrogen) atoms. The van der Waals surface area contributed by atoms with Gasteiger partial charge in [0.25, 0.3) is 0 Å². The highest BCUT2D eigenvalue weighted by molar-refractivity contribution is 5.99. The van der Waals surface area contributed by atoms with E-state index in [0.717, 1.165) is 6.42 Å². The van der Waals surface area contributed by atoms with E-state index in [1.165, 1.54) is 69.8 Å². The minimum atomic E-state index is 0.0578. The van der Waals surface area contributed by atoms with Crippen molar-refractivity contribution in [1.29, 1.82) is 0 Å². The molecule has 0 saturated heterocycles. The molecular formula is C20H33NO. The molecular weight excluding hydrogens is 270 g/mol. The number of carbonyl (C=O) groups excluding carboxylic acids is 1. The van der Waals surface area contributed by atoms with Crippen LogP contribution in [0.3, 0.4) is 0 Å². The van der Waals surface area contributed by atoms with E-state index in [4.69, 9.17) is 5.73 Å². The number of hydrogen-bond donors (Lipinski definition) is 1. The van der Waals surface area contributed by atoms with Gasteiger partial charge in [-0.25, -0.2) is 0 Å². The summed E-state index contributed by atoms with van der Waals surface area (Å²) in [4.78, 5) is 11.5. The van der Waals surface area contributed by atoms with Gasteiger partial charge in [0.2, 0.25) is 0 Å². The molecule has 0 aliphatic carbocycles. The van der Waals surface area contributed by atoms with Crippen molar-refractivity contribution in [2.45, 2.75) is 84.5 Å². The van der Waals surface area contributed by atoms with Crippen LogP contribution in [0.5, 0.6) is 0 Å². The van der Waals surface area contributed by atoms with Gasteiger partial charge in [-0.1, -0.05) is 70.8 Å². The van der Waals surface area contributed by atoms with Crippen LogP contribution >= 0.6 is 0 Å². The van der Waals surface area contributed by atoms with Gasteiger partial charge in [-0.15, -0.1) is 0 Å². The average Bonchev–Trinajstić information content (AvgIpc) is 2.50. The van der Waals surface area contributed by atoms with E-state index >= 15 is 0 Å². The van der Waals surface area contributed by atoms with Crippen molar-refractivity contribution in [2.75, 3.05) is 5.73 Å². The molecule has 2 N–H and O–H groups in total. The highest BCUT2D eigenvalue weighted by atomic mass is 16.1. The van der Waals surface area contributed by atoms with E-state index in [1.54, 1.807) is 6.92 Å². The number of nitrogens with two attached hydrogens (primary N) is 1. The highest BCUT2D eigenvalue weighted by Gasteiger charge is 2.05. The number of nitrogen functional groups attached to an aromatic ring is 1.